The zero-order valence-corrected chi connectivity index (χ0v) is 17.4. The van der Waals surface area contributed by atoms with E-state index in [4.69, 9.17) is 0 Å². The molecule has 0 aliphatic heterocycles. The molecule has 0 aliphatic rings. The number of aryl methyl sites for hydroxylation is 2. The highest BCUT2D eigenvalue weighted by Gasteiger charge is 2.73. The number of hydrogen-bond acceptors (Lipinski definition) is 1. The molecule has 33 heavy (non-hydrogen) atoms. The van der Waals surface area contributed by atoms with Crippen LogP contribution in [0.3, 0.4) is 0 Å². The lowest BCUT2D eigenvalue weighted by molar-refractivity contribution is -0.348. The van der Waals surface area contributed by atoms with Crippen molar-refractivity contribution in [3.63, 3.8) is 0 Å². The summed E-state index contributed by atoms with van der Waals surface area (Å²) < 4.78 is 93.4. The van der Waals surface area contributed by atoms with Gasteiger partial charge in [0.15, 0.2) is 0 Å². The van der Waals surface area contributed by atoms with Gasteiger partial charge >= 0.3 is 18.0 Å². The van der Waals surface area contributed by atoms with Gasteiger partial charge in [0.1, 0.15) is 0 Å². The Morgan fingerprint density at radius 3 is 1.79 bits per heavy atom. The standard InChI is InChI=1S/C24H18F7NO/c1-14-11-18(22(25,23(26,27)28)24(29,30)31)12-15(2)20(14)17-9-6-10-19(13-17)32-21(33)16-7-4-3-5-8-16/h3-13H,1-2H3,(H,32,33). The van der Waals surface area contributed by atoms with Crippen LogP contribution in [0, 0.1) is 13.8 Å². The van der Waals surface area contributed by atoms with Crippen molar-refractivity contribution in [2.24, 2.45) is 0 Å². The molecule has 9 heteroatoms. The van der Waals surface area contributed by atoms with Crippen LogP contribution in [0.15, 0.2) is 66.7 Å². The fraction of sp³-hybridized carbons (Fsp3) is 0.208. The molecule has 1 N–H and O–H groups in total. The van der Waals surface area contributed by atoms with Crippen LogP contribution in [0.25, 0.3) is 11.1 Å². The maximum Gasteiger partial charge on any atom is 0.435 e. The van der Waals surface area contributed by atoms with Crippen LogP contribution in [-0.2, 0) is 5.67 Å². The van der Waals surface area contributed by atoms with Crippen LogP contribution >= 0.6 is 0 Å². The van der Waals surface area contributed by atoms with Crippen molar-refractivity contribution >= 4 is 11.6 Å². The van der Waals surface area contributed by atoms with Gasteiger partial charge in [-0.3, -0.25) is 4.79 Å². The molecule has 0 aromatic heterocycles. The Hall–Kier alpha value is -3.36. The van der Waals surface area contributed by atoms with E-state index in [1.54, 1.807) is 48.5 Å². The number of alkyl halides is 7. The zero-order valence-electron chi connectivity index (χ0n) is 17.4. The average Bonchev–Trinajstić information content (AvgIpc) is 2.72. The third-order valence-corrected chi connectivity index (χ3v) is 5.16. The van der Waals surface area contributed by atoms with Crippen molar-refractivity contribution in [2.75, 3.05) is 5.32 Å². The van der Waals surface area contributed by atoms with Crippen molar-refractivity contribution in [3.05, 3.63) is 89.0 Å². The lowest BCUT2D eigenvalue weighted by Crippen LogP contribution is -2.50. The maximum atomic E-state index is 14.5. The Morgan fingerprint density at radius 1 is 0.727 bits per heavy atom. The fourth-order valence-corrected chi connectivity index (χ4v) is 3.65. The third kappa shape index (κ3) is 4.58. The molecule has 0 unspecified atom stereocenters. The monoisotopic (exact) mass is 469 g/mol. The van der Waals surface area contributed by atoms with Crippen molar-refractivity contribution < 1.29 is 35.5 Å². The van der Waals surface area contributed by atoms with Gasteiger partial charge in [-0.25, -0.2) is 4.39 Å². The first kappa shape index (κ1) is 24.3. The molecule has 0 spiro atoms. The lowest BCUT2D eigenvalue weighted by atomic mass is 9.87. The van der Waals surface area contributed by atoms with Crippen LogP contribution < -0.4 is 5.32 Å². The number of halogens is 7. The van der Waals surface area contributed by atoms with Crippen LogP contribution in [0.2, 0.25) is 0 Å². The number of rotatable bonds is 4. The van der Waals surface area contributed by atoms with Gasteiger partial charge in [-0.15, -0.1) is 0 Å². The number of benzene rings is 3. The molecule has 0 radical (unpaired) electrons. The second kappa shape index (κ2) is 8.53. The van der Waals surface area contributed by atoms with Crippen molar-refractivity contribution in [1.82, 2.24) is 0 Å². The molecule has 0 saturated carbocycles. The van der Waals surface area contributed by atoms with Crippen molar-refractivity contribution in [1.29, 1.82) is 0 Å². The number of nitrogens with one attached hydrogen (secondary N) is 1. The number of hydrogen-bond donors (Lipinski definition) is 1. The van der Waals surface area contributed by atoms with E-state index in [1.807, 2.05) is 0 Å². The lowest BCUT2D eigenvalue weighted by Gasteiger charge is -2.31. The van der Waals surface area contributed by atoms with E-state index in [0.717, 1.165) is 0 Å². The van der Waals surface area contributed by atoms with Gasteiger partial charge in [-0.1, -0.05) is 42.5 Å². The van der Waals surface area contributed by atoms with Gasteiger partial charge in [-0.05, 0) is 60.4 Å². The number of carbonyl (C=O) groups excluding carboxylic acids is 1. The minimum Gasteiger partial charge on any atom is -0.322 e. The molecule has 3 aromatic rings. The normalized spacial score (nSPS) is 12.5. The van der Waals surface area contributed by atoms with Crippen LogP contribution in [0.4, 0.5) is 36.4 Å². The quantitative estimate of drug-likeness (QED) is 0.394. The molecule has 174 valence electrons. The summed E-state index contributed by atoms with van der Waals surface area (Å²) in [5, 5.41) is 2.69. The Bertz CT molecular complexity index is 1130. The van der Waals surface area contributed by atoms with Gasteiger partial charge in [0.25, 0.3) is 5.91 Å². The maximum absolute atomic E-state index is 14.5. The van der Waals surface area contributed by atoms with Crippen LogP contribution in [0.1, 0.15) is 27.0 Å². The third-order valence-electron chi connectivity index (χ3n) is 5.16. The van der Waals surface area contributed by atoms with Gasteiger partial charge in [0.05, 0.1) is 0 Å². The van der Waals surface area contributed by atoms with E-state index in [2.05, 4.69) is 5.32 Å². The first-order chi connectivity index (χ1) is 15.3. The molecule has 3 aromatic carbocycles. The van der Waals surface area contributed by atoms with E-state index in [1.165, 1.54) is 19.9 Å². The molecule has 0 bridgehead atoms. The Balaban J connectivity index is 2.02. The summed E-state index contributed by atoms with van der Waals surface area (Å²) >= 11 is 0. The second-order valence-corrected chi connectivity index (χ2v) is 7.54. The van der Waals surface area contributed by atoms with E-state index in [-0.39, 0.29) is 11.1 Å². The Morgan fingerprint density at radius 2 is 1.27 bits per heavy atom. The highest BCUT2D eigenvalue weighted by atomic mass is 19.4. The summed E-state index contributed by atoms with van der Waals surface area (Å²) in [5.74, 6) is -0.394. The molecule has 0 fully saturated rings. The van der Waals surface area contributed by atoms with Crippen molar-refractivity contribution in [2.45, 2.75) is 31.9 Å². The minimum absolute atomic E-state index is 0.0204. The highest BCUT2D eigenvalue weighted by Crippen LogP contribution is 2.54. The SMILES string of the molecule is Cc1cc(C(F)(C(F)(F)F)C(F)(F)F)cc(C)c1-c1cccc(NC(=O)c2ccccc2)c1. The van der Waals surface area contributed by atoms with Crippen LogP contribution in [0.5, 0.6) is 0 Å². The molecule has 0 heterocycles. The molecule has 0 saturated heterocycles. The summed E-state index contributed by atoms with van der Waals surface area (Å²) in [4.78, 5) is 12.4. The van der Waals surface area contributed by atoms with Gasteiger partial charge in [0.2, 0.25) is 0 Å². The Kier molecular flexibility index (Phi) is 6.28. The van der Waals surface area contributed by atoms with E-state index in [9.17, 15) is 35.5 Å². The fourth-order valence-electron chi connectivity index (χ4n) is 3.65. The first-order valence-corrected chi connectivity index (χ1v) is 9.66. The van der Waals surface area contributed by atoms with Gasteiger partial charge in [-0.2, -0.15) is 26.3 Å². The summed E-state index contributed by atoms with van der Waals surface area (Å²) in [6, 6.07) is 15.7. The summed E-state index contributed by atoms with van der Waals surface area (Å²) in [5.41, 5.74) is -5.45. The largest absolute Gasteiger partial charge is 0.435 e. The topological polar surface area (TPSA) is 29.1 Å². The van der Waals surface area contributed by atoms with E-state index < -0.39 is 29.5 Å². The van der Waals surface area contributed by atoms with Gasteiger partial charge in [0, 0.05) is 16.8 Å². The molecular weight excluding hydrogens is 451 g/mol. The minimum atomic E-state index is -6.19. The van der Waals surface area contributed by atoms with E-state index in [0.29, 0.717) is 34.5 Å². The smallest absolute Gasteiger partial charge is 0.322 e. The number of carbonyl (C=O) groups is 1. The van der Waals surface area contributed by atoms with E-state index >= 15 is 0 Å². The Labute approximate surface area is 185 Å². The summed E-state index contributed by atoms with van der Waals surface area (Å²) in [6.07, 6.45) is -12.4. The average molecular weight is 469 g/mol. The predicted molar refractivity (Wildman–Crippen MR) is 111 cm³/mol. The number of amides is 1. The molecule has 0 atom stereocenters. The molecule has 2 nitrogen and oxygen atoms in total. The summed E-state index contributed by atoms with van der Waals surface area (Å²) in [6.45, 7) is 2.60. The predicted octanol–water partition coefficient (Wildman–Crippen LogP) is 7.51. The van der Waals surface area contributed by atoms with Crippen LogP contribution in [-0.4, -0.2) is 18.3 Å². The molecule has 1 amide bonds. The summed E-state index contributed by atoms with van der Waals surface area (Å²) in [7, 11) is 0. The molecule has 3 rings (SSSR count). The highest BCUT2D eigenvalue weighted by molar-refractivity contribution is 6.04. The number of anilines is 1. The molecular formula is C24H18F7NO. The first-order valence-electron chi connectivity index (χ1n) is 9.66. The second-order valence-electron chi connectivity index (χ2n) is 7.54. The zero-order chi connectivity index (χ0) is 24.6. The van der Waals surface area contributed by atoms with Gasteiger partial charge < -0.3 is 5.32 Å². The molecule has 0 aliphatic carbocycles. The van der Waals surface area contributed by atoms with Crippen molar-refractivity contribution in [3.8, 4) is 11.1 Å².